The van der Waals surface area contributed by atoms with Crippen LogP contribution in [0.1, 0.15) is 188 Å². The smallest absolute Gasteiger partial charge is 0.305 e. The lowest BCUT2D eigenvalue weighted by atomic mass is 10.1. The van der Waals surface area contributed by atoms with Crippen LogP contribution in [0.15, 0.2) is 12.2 Å². The molecule has 48 heavy (non-hydrogen) atoms. The second kappa shape index (κ2) is 37.2. The highest BCUT2D eigenvalue weighted by Gasteiger charge is 2.18. The third-order valence-electron chi connectivity index (χ3n) is 9.15. The van der Waals surface area contributed by atoms with Crippen LogP contribution in [0.4, 0.5) is 0 Å². The average molecular weight is 696 g/mol. The van der Waals surface area contributed by atoms with E-state index < -0.39 is 0 Å². The molecule has 0 heterocycles. The summed E-state index contributed by atoms with van der Waals surface area (Å²) in [5, 5.41) is 6.98. The maximum Gasteiger partial charge on any atom is 0.305 e. The second-order valence-electron chi connectivity index (χ2n) is 14.0. The second-order valence-corrected chi connectivity index (χ2v) is 14.7. The van der Waals surface area contributed by atoms with E-state index in [9.17, 15) is 9.59 Å². The molecule has 284 valence electrons. The van der Waals surface area contributed by atoms with Gasteiger partial charge in [-0.05, 0) is 103 Å². The molecule has 0 saturated carbocycles. The molecule has 2 unspecified atom stereocenters. The highest BCUT2D eigenvalue weighted by atomic mass is 32.1. The van der Waals surface area contributed by atoms with Crippen molar-refractivity contribution >= 4 is 24.5 Å². The van der Waals surface area contributed by atoms with E-state index in [2.05, 4.69) is 68.0 Å². The summed E-state index contributed by atoms with van der Waals surface area (Å²) in [5.74, 6) is -0.0663. The van der Waals surface area contributed by atoms with E-state index in [1.54, 1.807) is 0 Å². The standard InChI is InChI=1S/C41H81N3O3S/c1-5-9-11-12-13-14-15-16-17-18-19-20-21-22-23-25-32-43-41(46)39(42-33-27-36-44(34-7-3)35-8-4)29-26-37-47-40(45)31-30-38(48)28-24-10-6-2/h16-17,38-39,42,48H,5-15,18-37H2,1-4H3,(H,43,46)/b17-16-. The van der Waals surface area contributed by atoms with Gasteiger partial charge in [-0.15, -0.1) is 0 Å². The number of ether oxygens (including phenoxy) is 1. The first-order valence-corrected chi connectivity index (χ1v) is 21.2. The molecule has 0 aliphatic heterocycles. The highest BCUT2D eigenvalue weighted by Crippen LogP contribution is 2.15. The van der Waals surface area contributed by atoms with Crippen molar-refractivity contribution in [2.45, 2.75) is 200 Å². The van der Waals surface area contributed by atoms with E-state index in [4.69, 9.17) is 4.74 Å². The zero-order valence-electron chi connectivity index (χ0n) is 32.3. The number of amides is 1. The Balaban J connectivity index is 4.29. The van der Waals surface area contributed by atoms with Gasteiger partial charge in [-0.2, -0.15) is 12.6 Å². The Labute approximate surface area is 304 Å². The Hall–Kier alpha value is -1.05. The van der Waals surface area contributed by atoms with Crippen LogP contribution in [0.5, 0.6) is 0 Å². The summed E-state index contributed by atoms with van der Waals surface area (Å²) < 4.78 is 5.51. The van der Waals surface area contributed by atoms with Gasteiger partial charge in [0.05, 0.1) is 12.6 Å². The molecule has 0 aliphatic carbocycles. The van der Waals surface area contributed by atoms with Crippen molar-refractivity contribution in [1.82, 2.24) is 15.5 Å². The predicted molar refractivity (Wildman–Crippen MR) is 212 cm³/mol. The maximum absolute atomic E-state index is 13.1. The number of rotatable bonds is 37. The number of unbranched alkanes of at least 4 members (excludes halogenated alkanes) is 14. The number of carbonyl (C=O) groups excluding carboxylic acids is 2. The Morgan fingerprint density at radius 2 is 1.21 bits per heavy atom. The van der Waals surface area contributed by atoms with Crippen LogP contribution in [-0.4, -0.2) is 67.4 Å². The number of allylic oxidation sites excluding steroid dienone is 2. The lowest BCUT2D eigenvalue weighted by Crippen LogP contribution is -2.45. The van der Waals surface area contributed by atoms with Gasteiger partial charge in [0.2, 0.25) is 5.91 Å². The number of thiol groups is 1. The first-order valence-electron chi connectivity index (χ1n) is 20.7. The van der Waals surface area contributed by atoms with Gasteiger partial charge in [-0.25, -0.2) is 0 Å². The zero-order chi connectivity index (χ0) is 35.3. The minimum atomic E-state index is -0.246. The Morgan fingerprint density at radius 1 is 0.625 bits per heavy atom. The minimum absolute atomic E-state index is 0.0815. The summed E-state index contributed by atoms with van der Waals surface area (Å²) in [6, 6.07) is -0.246. The molecule has 0 aromatic heterocycles. The van der Waals surface area contributed by atoms with Crippen LogP contribution >= 0.6 is 12.6 Å². The number of nitrogens with one attached hydrogen (secondary N) is 2. The number of hydrogen-bond donors (Lipinski definition) is 3. The van der Waals surface area contributed by atoms with Crippen LogP contribution in [0.2, 0.25) is 0 Å². The minimum Gasteiger partial charge on any atom is -0.466 e. The van der Waals surface area contributed by atoms with E-state index in [-0.39, 0.29) is 23.2 Å². The average Bonchev–Trinajstić information content (AvgIpc) is 3.08. The lowest BCUT2D eigenvalue weighted by molar-refractivity contribution is -0.143. The summed E-state index contributed by atoms with van der Waals surface area (Å²) in [5.41, 5.74) is 0. The summed E-state index contributed by atoms with van der Waals surface area (Å²) >= 11 is 4.63. The van der Waals surface area contributed by atoms with Gasteiger partial charge in [0.15, 0.2) is 0 Å². The monoisotopic (exact) mass is 696 g/mol. The van der Waals surface area contributed by atoms with Crippen molar-refractivity contribution in [2.24, 2.45) is 0 Å². The van der Waals surface area contributed by atoms with E-state index in [1.165, 1.54) is 116 Å². The molecule has 6 nitrogen and oxygen atoms in total. The van der Waals surface area contributed by atoms with Crippen LogP contribution in [0, 0.1) is 0 Å². The van der Waals surface area contributed by atoms with Gasteiger partial charge in [0.1, 0.15) is 0 Å². The summed E-state index contributed by atoms with van der Waals surface area (Å²) in [7, 11) is 0. The molecule has 1 amide bonds. The van der Waals surface area contributed by atoms with Crippen LogP contribution in [-0.2, 0) is 14.3 Å². The highest BCUT2D eigenvalue weighted by molar-refractivity contribution is 7.80. The molecule has 0 bridgehead atoms. The van der Waals surface area contributed by atoms with Gasteiger partial charge in [0.25, 0.3) is 0 Å². The molecule has 2 N–H and O–H groups in total. The van der Waals surface area contributed by atoms with E-state index in [0.29, 0.717) is 25.9 Å². The van der Waals surface area contributed by atoms with E-state index in [0.717, 1.165) is 58.4 Å². The largest absolute Gasteiger partial charge is 0.466 e. The van der Waals surface area contributed by atoms with E-state index >= 15 is 0 Å². The van der Waals surface area contributed by atoms with Crippen molar-refractivity contribution < 1.29 is 14.3 Å². The third-order valence-corrected chi connectivity index (χ3v) is 9.66. The Kier molecular flexibility index (Phi) is 36.4. The normalized spacial score (nSPS) is 13.0. The molecular formula is C41H81N3O3S. The molecule has 0 fully saturated rings. The van der Waals surface area contributed by atoms with Crippen molar-refractivity contribution in [3.05, 3.63) is 12.2 Å². The molecule has 0 aliphatic rings. The number of esters is 1. The molecule has 0 radical (unpaired) electrons. The molecule has 2 atom stereocenters. The van der Waals surface area contributed by atoms with Crippen LogP contribution in [0.25, 0.3) is 0 Å². The number of hydrogen-bond acceptors (Lipinski definition) is 6. The fourth-order valence-corrected chi connectivity index (χ4v) is 6.50. The zero-order valence-corrected chi connectivity index (χ0v) is 33.2. The van der Waals surface area contributed by atoms with Gasteiger partial charge in [-0.1, -0.05) is 117 Å². The van der Waals surface area contributed by atoms with Crippen LogP contribution in [0.3, 0.4) is 0 Å². The van der Waals surface area contributed by atoms with Gasteiger partial charge in [0, 0.05) is 18.2 Å². The number of carbonyl (C=O) groups is 2. The first-order chi connectivity index (χ1) is 23.5. The topological polar surface area (TPSA) is 70.7 Å². The fourth-order valence-electron chi connectivity index (χ4n) is 6.18. The molecule has 0 aromatic rings. The molecule has 0 aromatic carbocycles. The quantitative estimate of drug-likeness (QED) is 0.0261. The van der Waals surface area contributed by atoms with Crippen molar-refractivity contribution in [3.63, 3.8) is 0 Å². The van der Waals surface area contributed by atoms with E-state index in [1.807, 2.05) is 0 Å². The summed E-state index contributed by atoms with van der Waals surface area (Å²) in [4.78, 5) is 27.9. The molecule has 7 heteroatoms. The third kappa shape index (κ3) is 32.2. The van der Waals surface area contributed by atoms with Gasteiger partial charge in [-0.3, -0.25) is 9.59 Å². The maximum atomic E-state index is 13.1. The summed E-state index contributed by atoms with van der Waals surface area (Å²) in [6.45, 7) is 14.2. The summed E-state index contributed by atoms with van der Waals surface area (Å²) in [6.07, 6.45) is 33.3. The first kappa shape index (κ1) is 47.0. The SMILES string of the molecule is CCCCCCCC/C=C\CCCCCCCCNC(=O)C(CCCOC(=O)CCC(S)CCCCC)NCCCN(CCC)CCC. The van der Waals surface area contributed by atoms with Gasteiger partial charge >= 0.3 is 5.97 Å². The van der Waals surface area contributed by atoms with Crippen molar-refractivity contribution in [3.8, 4) is 0 Å². The van der Waals surface area contributed by atoms with Crippen molar-refractivity contribution in [1.29, 1.82) is 0 Å². The van der Waals surface area contributed by atoms with Gasteiger partial charge < -0.3 is 20.3 Å². The molecule has 0 saturated heterocycles. The van der Waals surface area contributed by atoms with Crippen LogP contribution < -0.4 is 10.6 Å². The Morgan fingerprint density at radius 3 is 1.83 bits per heavy atom. The molecular weight excluding hydrogens is 615 g/mol. The lowest BCUT2D eigenvalue weighted by Gasteiger charge is -2.22. The Bertz CT molecular complexity index is 730. The van der Waals surface area contributed by atoms with Crippen molar-refractivity contribution in [2.75, 3.05) is 39.3 Å². The predicted octanol–water partition coefficient (Wildman–Crippen LogP) is 10.6. The fraction of sp³-hybridized carbons (Fsp3) is 0.902. The molecule has 0 spiro atoms. The number of nitrogens with zero attached hydrogens (tertiary/aromatic N) is 1. The molecule has 0 rings (SSSR count).